The monoisotopic (exact) mass is 200 g/mol. The third-order valence-electron chi connectivity index (χ3n) is 1.95. The first kappa shape index (κ1) is 11.1. The molecule has 0 aliphatic rings. The molecule has 15 heavy (non-hydrogen) atoms. The molecule has 0 fully saturated rings. The van der Waals surface area contributed by atoms with Crippen LogP contribution in [-0.4, -0.2) is 6.61 Å². The Labute approximate surface area is 89.9 Å². The Kier molecular flexibility index (Phi) is 4.19. The van der Waals surface area contributed by atoms with Gasteiger partial charge in [0.05, 0.1) is 19.8 Å². The van der Waals surface area contributed by atoms with Crippen molar-refractivity contribution in [1.29, 1.82) is 0 Å². The standard InChI is InChI=1S/C12H12N2O/c1-4-5-8-15-12-7-6-10(13-2)9-11(12)14-3/h6-7,9H,4-5,8H2,1H3. The van der Waals surface area contributed by atoms with Crippen LogP contribution in [0.2, 0.25) is 0 Å². The Hall–Kier alpha value is -2.00. The van der Waals surface area contributed by atoms with Crippen LogP contribution in [0.1, 0.15) is 19.8 Å². The topological polar surface area (TPSA) is 17.9 Å². The summed E-state index contributed by atoms with van der Waals surface area (Å²) < 4.78 is 5.45. The van der Waals surface area contributed by atoms with E-state index in [0.29, 0.717) is 23.7 Å². The number of unbranched alkanes of at least 4 members (excludes halogenated alkanes) is 1. The first-order valence-electron chi connectivity index (χ1n) is 4.83. The summed E-state index contributed by atoms with van der Waals surface area (Å²) in [6, 6.07) is 4.92. The lowest BCUT2D eigenvalue weighted by atomic mass is 10.2. The summed E-state index contributed by atoms with van der Waals surface area (Å²) in [6.45, 7) is 16.5. The highest BCUT2D eigenvalue weighted by atomic mass is 16.5. The average molecular weight is 200 g/mol. The third kappa shape index (κ3) is 3.00. The number of hydrogen-bond donors (Lipinski definition) is 0. The van der Waals surface area contributed by atoms with Crippen LogP contribution in [0.4, 0.5) is 11.4 Å². The van der Waals surface area contributed by atoms with Crippen LogP contribution >= 0.6 is 0 Å². The largest absolute Gasteiger partial charge is 0.505 e. The molecule has 0 saturated heterocycles. The fourth-order valence-electron chi connectivity index (χ4n) is 1.11. The molecule has 0 aromatic heterocycles. The van der Waals surface area contributed by atoms with Crippen molar-refractivity contribution in [3.8, 4) is 5.75 Å². The number of ether oxygens (including phenoxy) is 1. The molecule has 0 radical (unpaired) electrons. The van der Waals surface area contributed by atoms with E-state index in [1.54, 1.807) is 18.2 Å². The predicted octanol–water partition coefficient (Wildman–Crippen LogP) is 3.97. The van der Waals surface area contributed by atoms with Crippen molar-refractivity contribution in [3.63, 3.8) is 0 Å². The molecule has 0 saturated carbocycles. The molecular formula is C12H12N2O. The van der Waals surface area contributed by atoms with Gasteiger partial charge in [0.25, 0.3) is 0 Å². The molecule has 0 spiro atoms. The molecule has 1 aromatic carbocycles. The molecule has 1 rings (SSSR count). The van der Waals surface area contributed by atoms with E-state index in [1.165, 1.54) is 0 Å². The van der Waals surface area contributed by atoms with Crippen molar-refractivity contribution in [2.45, 2.75) is 19.8 Å². The lowest BCUT2D eigenvalue weighted by Crippen LogP contribution is -1.95. The van der Waals surface area contributed by atoms with Gasteiger partial charge in [-0.2, -0.15) is 0 Å². The quantitative estimate of drug-likeness (QED) is 0.531. The van der Waals surface area contributed by atoms with E-state index in [4.69, 9.17) is 17.9 Å². The summed E-state index contributed by atoms with van der Waals surface area (Å²) in [7, 11) is 0. The minimum absolute atomic E-state index is 0.416. The van der Waals surface area contributed by atoms with Gasteiger partial charge in [-0.25, -0.2) is 9.69 Å². The second-order valence-electron chi connectivity index (χ2n) is 3.08. The third-order valence-corrected chi connectivity index (χ3v) is 1.95. The predicted molar refractivity (Wildman–Crippen MR) is 59.4 cm³/mol. The lowest BCUT2D eigenvalue weighted by molar-refractivity contribution is 0.311. The van der Waals surface area contributed by atoms with Crippen LogP contribution in [-0.2, 0) is 0 Å². The summed E-state index contributed by atoms with van der Waals surface area (Å²) >= 11 is 0. The van der Waals surface area contributed by atoms with Crippen molar-refractivity contribution in [3.05, 3.63) is 41.0 Å². The van der Waals surface area contributed by atoms with Gasteiger partial charge in [0, 0.05) is 0 Å². The van der Waals surface area contributed by atoms with E-state index in [1.807, 2.05) is 0 Å². The smallest absolute Gasteiger partial charge is 0.218 e. The van der Waals surface area contributed by atoms with Crippen molar-refractivity contribution in [2.24, 2.45) is 0 Å². The Morgan fingerprint density at radius 1 is 1.27 bits per heavy atom. The molecule has 0 aliphatic heterocycles. The van der Waals surface area contributed by atoms with Crippen LogP contribution in [0.15, 0.2) is 18.2 Å². The second kappa shape index (κ2) is 5.67. The van der Waals surface area contributed by atoms with E-state index in [0.717, 1.165) is 12.8 Å². The van der Waals surface area contributed by atoms with E-state index < -0.39 is 0 Å². The number of benzene rings is 1. The van der Waals surface area contributed by atoms with Crippen LogP contribution in [0.5, 0.6) is 5.75 Å². The highest BCUT2D eigenvalue weighted by molar-refractivity contribution is 5.65. The molecule has 0 unspecified atom stereocenters. The second-order valence-corrected chi connectivity index (χ2v) is 3.08. The van der Waals surface area contributed by atoms with Crippen LogP contribution in [0.3, 0.4) is 0 Å². The maximum atomic E-state index is 6.98. The molecular weight excluding hydrogens is 188 g/mol. The summed E-state index contributed by atoms with van der Waals surface area (Å²) in [5.41, 5.74) is 0.892. The molecule has 3 nitrogen and oxygen atoms in total. The summed E-state index contributed by atoms with van der Waals surface area (Å²) in [4.78, 5) is 6.61. The van der Waals surface area contributed by atoms with Crippen molar-refractivity contribution < 1.29 is 4.74 Å². The lowest BCUT2D eigenvalue weighted by Gasteiger charge is -2.07. The molecule has 3 heteroatoms. The Bertz CT molecular complexity index is 413. The zero-order valence-corrected chi connectivity index (χ0v) is 8.66. The van der Waals surface area contributed by atoms with Gasteiger partial charge in [-0.3, -0.25) is 0 Å². The zero-order valence-electron chi connectivity index (χ0n) is 8.66. The van der Waals surface area contributed by atoms with E-state index in [2.05, 4.69) is 16.6 Å². The van der Waals surface area contributed by atoms with Crippen molar-refractivity contribution >= 4 is 11.4 Å². The summed E-state index contributed by atoms with van der Waals surface area (Å²) in [5, 5.41) is 0. The zero-order chi connectivity index (χ0) is 11.1. The Balaban J connectivity index is 2.81. The van der Waals surface area contributed by atoms with Gasteiger partial charge in [-0.05, 0) is 18.6 Å². The molecule has 76 valence electrons. The molecule has 0 atom stereocenters. The fourth-order valence-corrected chi connectivity index (χ4v) is 1.11. The van der Waals surface area contributed by atoms with E-state index in [-0.39, 0.29) is 0 Å². The first-order chi connectivity index (χ1) is 7.31. The van der Waals surface area contributed by atoms with Gasteiger partial charge >= 0.3 is 0 Å². The fraction of sp³-hybridized carbons (Fsp3) is 0.333. The van der Waals surface area contributed by atoms with Gasteiger partial charge in [0.1, 0.15) is 5.75 Å². The highest BCUT2D eigenvalue weighted by Gasteiger charge is 2.04. The van der Waals surface area contributed by atoms with Gasteiger partial charge in [-0.15, -0.1) is 0 Å². The average Bonchev–Trinajstić information content (AvgIpc) is 2.29. The van der Waals surface area contributed by atoms with Gasteiger partial charge in [0.15, 0.2) is 5.69 Å². The van der Waals surface area contributed by atoms with E-state index >= 15 is 0 Å². The molecule has 0 heterocycles. The minimum atomic E-state index is 0.416. The normalized spacial score (nSPS) is 9.00. The SMILES string of the molecule is [C-]#[N+]c1ccc(OCCCC)c([N+]#[C-])c1. The van der Waals surface area contributed by atoms with Gasteiger partial charge in [-0.1, -0.05) is 19.4 Å². The minimum Gasteiger partial charge on any atom is -0.505 e. The summed E-state index contributed by atoms with van der Waals surface area (Å²) in [5.74, 6) is 0.575. The Morgan fingerprint density at radius 3 is 2.67 bits per heavy atom. The van der Waals surface area contributed by atoms with Crippen molar-refractivity contribution in [2.75, 3.05) is 6.61 Å². The van der Waals surface area contributed by atoms with Crippen LogP contribution < -0.4 is 4.74 Å². The number of nitrogens with zero attached hydrogens (tertiary/aromatic N) is 2. The van der Waals surface area contributed by atoms with Crippen LogP contribution in [0, 0.1) is 13.1 Å². The van der Waals surface area contributed by atoms with Crippen LogP contribution in [0.25, 0.3) is 9.69 Å². The first-order valence-corrected chi connectivity index (χ1v) is 4.83. The maximum Gasteiger partial charge on any atom is 0.218 e. The Morgan fingerprint density at radius 2 is 2.07 bits per heavy atom. The molecule has 1 aromatic rings. The number of hydrogen-bond acceptors (Lipinski definition) is 1. The van der Waals surface area contributed by atoms with Crippen molar-refractivity contribution in [1.82, 2.24) is 0 Å². The maximum absolute atomic E-state index is 6.98. The van der Waals surface area contributed by atoms with E-state index in [9.17, 15) is 0 Å². The summed E-state index contributed by atoms with van der Waals surface area (Å²) in [6.07, 6.45) is 2.04. The molecule has 0 N–H and O–H groups in total. The molecule has 0 bridgehead atoms. The van der Waals surface area contributed by atoms with Gasteiger partial charge < -0.3 is 4.74 Å². The highest BCUT2D eigenvalue weighted by Crippen LogP contribution is 2.31. The van der Waals surface area contributed by atoms with Gasteiger partial charge in [0.2, 0.25) is 5.69 Å². The molecule has 0 amide bonds. The number of rotatable bonds is 4. The molecule has 0 aliphatic carbocycles.